The van der Waals surface area contributed by atoms with Gasteiger partial charge in [0.1, 0.15) is 23.1 Å². The SMILES string of the molecule is O=C(c1ccc(Oc2ccc(C(=O)N3CCCn4nccc43)cc2)cc1)N1CCCn2nccc21. The third-order valence-electron chi connectivity index (χ3n) is 6.37. The molecule has 2 aliphatic heterocycles. The molecule has 0 radical (unpaired) electrons. The Balaban J connectivity index is 1.12. The molecule has 0 saturated carbocycles. The van der Waals surface area contributed by atoms with Crippen LogP contribution in [0.2, 0.25) is 0 Å². The molecule has 0 bridgehead atoms. The second kappa shape index (κ2) is 8.75. The number of hydrogen-bond donors (Lipinski definition) is 0. The zero-order valence-corrected chi connectivity index (χ0v) is 19.1. The number of carbonyl (C=O) groups is 2. The molecule has 0 atom stereocenters. The summed E-state index contributed by atoms with van der Waals surface area (Å²) in [6.45, 7) is 3.00. The molecular weight excluding hydrogens is 444 g/mol. The van der Waals surface area contributed by atoms with Gasteiger partial charge in [-0.2, -0.15) is 10.2 Å². The van der Waals surface area contributed by atoms with E-state index in [4.69, 9.17) is 4.74 Å². The van der Waals surface area contributed by atoms with Crippen LogP contribution >= 0.6 is 0 Å². The number of rotatable bonds is 4. The fourth-order valence-electron chi connectivity index (χ4n) is 4.63. The van der Waals surface area contributed by atoms with E-state index >= 15 is 0 Å². The Morgan fingerprint density at radius 1 is 0.600 bits per heavy atom. The number of aryl methyl sites for hydroxylation is 2. The monoisotopic (exact) mass is 468 g/mol. The third kappa shape index (κ3) is 3.95. The van der Waals surface area contributed by atoms with Crippen LogP contribution in [0.15, 0.2) is 73.1 Å². The number of benzene rings is 2. The van der Waals surface area contributed by atoms with Gasteiger partial charge in [-0.15, -0.1) is 0 Å². The predicted molar refractivity (Wildman–Crippen MR) is 130 cm³/mol. The molecule has 176 valence electrons. The molecule has 0 saturated heterocycles. The van der Waals surface area contributed by atoms with Crippen LogP contribution in [0.25, 0.3) is 0 Å². The van der Waals surface area contributed by atoms with Crippen molar-refractivity contribution in [3.63, 3.8) is 0 Å². The van der Waals surface area contributed by atoms with Crippen molar-refractivity contribution in [1.82, 2.24) is 19.6 Å². The third-order valence-corrected chi connectivity index (χ3v) is 6.37. The summed E-state index contributed by atoms with van der Waals surface area (Å²) >= 11 is 0. The molecular formula is C26H24N6O3. The van der Waals surface area contributed by atoms with E-state index in [0.29, 0.717) is 35.7 Å². The van der Waals surface area contributed by atoms with Crippen molar-refractivity contribution >= 4 is 23.5 Å². The van der Waals surface area contributed by atoms with Crippen LogP contribution in [0.4, 0.5) is 11.6 Å². The smallest absolute Gasteiger partial charge is 0.259 e. The van der Waals surface area contributed by atoms with E-state index in [1.807, 2.05) is 21.5 Å². The zero-order chi connectivity index (χ0) is 23.8. The second-order valence-corrected chi connectivity index (χ2v) is 8.60. The first-order valence-corrected chi connectivity index (χ1v) is 11.7. The lowest BCUT2D eigenvalue weighted by Gasteiger charge is -2.27. The van der Waals surface area contributed by atoms with Crippen molar-refractivity contribution in [3.05, 3.63) is 84.2 Å². The maximum atomic E-state index is 13.0. The topological polar surface area (TPSA) is 85.5 Å². The van der Waals surface area contributed by atoms with Crippen molar-refractivity contribution < 1.29 is 14.3 Å². The average Bonchev–Trinajstić information content (AvgIpc) is 3.58. The summed E-state index contributed by atoms with van der Waals surface area (Å²) in [5, 5.41) is 8.54. The largest absolute Gasteiger partial charge is 0.457 e. The van der Waals surface area contributed by atoms with Gasteiger partial charge in [0.25, 0.3) is 11.8 Å². The first kappa shape index (κ1) is 21.2. The number of carbonyl (C=O) groups excluding carboxylic acids is 2. The van der Waals surface area contributed by atoms with Crippen LogP contribution in [-0.2, 0) is 13.1 Å². The highest BCUT2D eigenvalue weighted by Gasteiger charge is 2.25. The van der Waals surface area contributed by atoms with Gasteiger partial charge in [-0.25, -0.2) is 9.36 Å². The molecule has 6 rings (SSSR count). The fourth-order valence-corrected chi connectivity index (χ4v) is 4.63. The van der Waals surface area contributed by atoms with Crippen molar-refractivity contribution in [3.8, 4) is 11.5 Å². The van der Waals surface area contributed by atoms with E-state index < -0.39 is 0 Å². The van der Waals surface area contributed by atoms with Gasteiger partial charge >= 0.3 is 0 Å². The van der Waals surface area contributed by atoms with E-state index in [9.17, 15) is 9.59 Å². The molecule has 35 heavy (non-hydrogen) atoms. The molecule has 0 fully saturated rings. The highest BCUT2D eigenvalue weighted by molar-refractivity contribution is 6.06. The van der Waals surface area contributed by atoms with Gasteiger partial charge in [-0.3, -0.25) is 19.4 Å². The van der Waals surface area contributed by atoms with Crippen LogP contribution in [0, 0.1) is 0 Å². The standard InChI is InChI=1S/C26H24N6O3/c33-25(29-15-1-17-31-23(29)11-13-27-31)19-3-7-21(8-4-19)35-22-9-5-20(6-10-22)26(34)30-16-2-18-32-24(30)12-14-28-32/h3-14H,1-2,15-18H2. The highest BCUT2D eigenvalue weighted by atomic mass is 16.5. The molecule has 0 N–H and O–H groups in total. The molecule has 0 aliphatic carbocycles. The summed E-state index contributed by atoms with van der Waals surface area (Å²) in [6.07, 6.45) is 5.19. The van der Waals surface area contributed by atoms with Crippen molar-refractivity contribution in [2.24, 2.45) is 0 Å². The molecule has 4 heterocycles. The lowest BCUT2D eigenvalue weighted by molar-refractivity contribution is 0.0973. The summed E-state index contributed by atoms with van der Waals surface area (Å²) < 4.78 is 9.66. The molecule has 2 aromatic carbocycles. The number of hydrogen-bond acceptors (Lipinski definition) is 5. The first-order valence-electron chi connectivity index (χ1n) is 11.7. The average molecular weight is 469 g/mol. The van der Waals surface area contributed by atoms with Crippen molar-refractivity contribution in [2.45, 2.75) is 25.9 Å². The maximum Gasteiger partial charge on any atom is 0.259 e. The van der Waals surface area contributed by atoms with Gasteiger partial charge in [0.05, 0.1) is 12.4 Å². The maximum absolute atomic E-state index is 13.0. The lowest BCUT2D eigenvalue weighted by atomic mass is 10.1. The minimum atomic E-state index is -0.0556. The Morgan fingerprint density at radius 2 is 1.03 bits per heavy atom. The zero-order valence-electron chi connectivity index (χ0n) is 19.1. The van der Waals surface area contributed by atoms with E-state index in [1.54, 1.807) is 70.7 Å². The Hall–Kier alpha value is -4.40. The summed E-state index contributed by atoms with van der Waals surface area (Å²) in [4.78, 5) is 29.6. The molecule has 9 heteroatoms. The molecule has 0 spiro atoms. The normalized spacial score (nSPS) is 14.9. The minimum absolute atomic E-state index is 0.0556. The van der Waals surface area contributed by atoms with Crippen LogP contribution in [-0.4, -0.2) is 44.5 Å². The van der Waals surface area contributed by atoms with Crippen LogP contribution < -0.4 is 14.5 Å². The van der Waals surface area contributed by atoms with Gasteiger partial charge in [-0.05, 0) is 61.4 Å². The first-order chi connectivity index (χ1) is 17.2. The van der Waals surface area contributed by atoms with Crippen LogP contribution in [0.3, 0.4) is 0 Å². The number of aromatic nitrogens is 4. The summed E-state index contributed by atoms with van der Waals surface area (Å²) in [7, 11) is 0. The minimum Gasteiger partial charge on any atom is -0.457 e. The molecule has 4 aromatic rings. The molecule has 9 nitrogen and oxygen atoms in total. The van der Waals surface area contributed by atoms with Gasteiger partial charge in [0, 0.05) is 49.4 Å². The van der Waals surface area contributed by atoms with Gasteiger partial charge in [0.2, 0.25) is 0 Å². The predicted octanol–water partition coefficient (Wildman–Crippen LogP) is 3.97. The Morgan fingerprint density at radius 3 is 1.46 bits per heavy atom. The molecule has 0 unspecified atom stereocenters. The molecule has 2 aliphatic rings. The number of fused-ring (bicyclic) bond motifs is 2. The van der Waals surface area contributed by atoms with E-state index in [1.165, 1.54) is 0 Å². The Kier molecular flexibility index (Phi) is 5.29. The fraction of sp³-hybridized carbons (Fsp3) is 0.231. The van der Waals surface area contributed by atoms with Crippen molar-refractivity contribution in [1.29, 1.82) is 0 Å². The molecule has 2 amide bonds. The van der Waals surface area contributed by atoms with Crippen molar-refractivity contribution in [2.75, 3.05) is 22.9 Å². The number of amides is 2. The highest BCUT2D eigenvalue weighted by Crippen LogP contribution is 2.27. The summed E-state index contributed by atoms with van der Waals surface area (Å²) in [5.74, 6) is 2.77. The molecule has 2 aromatic heterocycles. The van der Waals surface area contributed by atoms with E-state index in [0.717, 1.165) is 37.6 Å². The van der Waals surface area contributed by atoms with E-state index in [2.05, 4.69) is 10.2 Å². The lowest BCUT2D eigenvalue weighted by Crippen LogP contribution is -2.37. The van der Waals surface area contributed by atoms with Crippen LogP contribution in [0.1, 0.15) is 33.6 Å². The summed E-state index contributed by atoms with van der Waals surface area (Å²) in [5.41, 5.74) is 1.18. The van der Waals surface area contributed by atoms with Gasteiger partial charge in [0.15, 0.2) is 0 Å². The Labute approximate surface area is 202 Å². The van der Waals surface area contributed by atoms with E-state index in [-0.39, 0.29) is 11.8 Å². The number of anilines is 2. The quantitative estimate of drug-likeness (QED) is 0.452. The number of ether oxygens (including phenoxy) is 1. The van der Waals surface area contributed by atoms with Crippen LogP contribution in [0.5, 0.6) is 11.5 Å². The Bertz CT molecular complexity index is 1270. The second-order valence-electron chi connectivity index (χ2n) is 8.60. The van der Waals surface area contributed by atoms with Gasteiger partial charge in [-0.1, -0.05) is 0 Å². The summed E-state index contributed by atoms with van der Waals surface area (Å²) in [6, 6.07) is 17.9. The number of nitrogens with zero attached hydrogens (tertiary/aromatic N) is 6. The van der Waals surface area contributed by atoms with Gasteiger partial charge < -0.3 is 4.74 Å².